The van der Waals surface area contributed by atoms with Crippen LogP contribution in [0, 0.1) is 6.92 Å². The molecule has 1 aromatic heterocycles. The highest BCUT2D eigenvalue weighted by Gasteiger charge is 2.12. The van der Waals surface area contributed by atoms with Gasteiger partial charge in [0, 0.05) is 18.7 Å². The number of hydrogen-bond donors (Lipinski definition) is 1. The standard InChI is InChI=1S/C14H17N3O/c1-10-9-17(16-14(10)15-12(3)18)11(2)13-7-5-4-6-8-13/h4-9,11H,1-3H3,(H,15,16,18). The highest BCUT2D eigenvalue weighted by molar-refractivity contribution is 5.88. The number of carbonyl (C=O) groups excluding carboxylic acids is 1. The van der Waals surface area contributed by atoms with Gasteiger partial charge in [0.15, 0.2) is 5.82 Å². The smallest absolute Gasteiger partial charge is 0.222 e. The number of rotatable bonds is 3. The van der Waals surface area contributed by atoms with E-state index in [2.05, 4.69) is 29.5 Å². The van der Waals surface area contributed by atoms with Crippen LogP contribution < -0.4 is 5.32 Å². The molecule has 1 unspecified atom stereocenters. The van der Waals surface area contributed by atoms with Crippen LogP contribution >= 0.6 is 0 Å². The molecule has 1 N–H and O–H groups in total. The minimum atomic E-state index is -0.101. The zero-order valence-corrected chi connectivity index (χ0v) is 10.8. The van der Waals surface area contributed by atoms with Crippen molar-refractivity contribution in [2.45, 2.75) is 26.8 Å². The van der Waals surface area contributed by atoms with Crippen LogP contribution in [-0.2, 0) is 4.79 Å². The largest absolute Gasteiger partial charge is 0.309 e. The number of hydrogen-bond acceptors (Lipinski definition) is 2. The minimum Gasteiger partial charge on any atom is -0.309 e. The summed E-state index contributed by atoms with van der Waals surface area (Å²) >= 11 is 0. The zero-order valence-electron chi connectivity index (χ0n) is 10.8. The predicted octanol–water partition coefficient (Wildman–Crippen LogP) is 2.76. The van der Waals surface area contributed by atoms with Gasteiger partial charge in [0.25, 0.3) is 0 Å². The molecular formula is C14H17N3O. The van der Waals surface area contributed by atoms with Gasteiger partial charge in [0.2, 0.25) is 5.91 Å². The summed E-state index contributed by atoms with van der Waals surface area (Å²) in [6, 6.07) is 10.3. The van der Waals surface area contributed by atoms with E-state index in [-0.39, 0.29) is 11.9 Å². The molecule has 2 aromatic rings. The lowest BCUT2D eigenvalue weighted by Crippen LogP contribution is -2.10. The maximum Gasteiger partial charge on any atom is 0.222 e. The maximum absolute atomic E-state index is 11.1. The SMILES string of the molecule is CC(=O)Nc1nn(C(C)c2ccccc2)cc1C. The molecule has 0 aliphatic heterocycles. The average Bonchev–Trinajstić information content (AvgIpc) is 2.70. The molecule has 0 aliphatic rings. The van der Waals surface area contributed by atoms with Crippen molar-refractivity contribution >= 4 is 11.7 Å². The highest BCUT2D eigenvalue weighted by atomic mass is 16.1. The van der Waals surface area contributed by atoms with E-state index < -0.39 is 0 Å². The molecule has 1 aromatic carbocycles. The number of aromatic nitrogens is 2. The molecular weight excluding hydrogens is 226 g/mol. The number of nitrogens with one attached hydrogen (secondary N) is 1. The van der Waals surface area contributed by atoms with Crippen molar-refractivity contribution in [1.29, 1.82) is 0 Å². The third-order valence-corrected chi connectivity index (χ3v) is 2.89. The molecule has 94 valence electrons. The van der Waals surface area contributed by atoms with E-state index >= 15 is 0 Å². The summed E-state index contributed by atoms with van der Waals surface area (Å²) in [6.07, 6.45) is 1.95. The Balaban J connectivity index is 2.26. The number of aryl methyl sites for hydroxylation is 1. The van der Waals surface area contributed by atoms with Gasteiger partial charge in [-0.05, 0) is 19.4 Å². The Labute approximate surface area is 107 Å². The van der Waals surface area contributed by atoms with Crippen LogP contribution in [0.25, 0.3) is 0 Å². The first-order valence-electron chi connectivity index (χ1n) is 5.96. The molecule has 0 saturated carbocycles. The monoisotopic (exact) mass is 243 g/mol. The average molecular weight is 243 g/mol. The van der Waals surface area contributed by atoms with Gasteiger partial charge in [-0.15, -0.1) is 0 Å². The van der Waals surface area contributed by atoms with Gasteiger partial charge >= 0.3 is 0 Å². The van der Waals surface area contributed by atoms with E-state index in [0.717, 1.165) is 5.56 Å². The zero-order chi connectivity index (χ0) is 13.1. The lowest BCUT2D eigenvalue weighted by molar-refractivity contribution is -0.114. The lowest BCUT2D eigenvalue weighted by Gasteiger charge is -2.12. The van der Waals surface area contributed by atoms with Crippen LogP contribution in [-0.4, -0.2) is 15.7 Å². The van der Waals surface area contributed by atoms with Crippen molar-refractivity contribution in [2.75, 3.05) is 5.32 Å². The fraction of sp³-hybridized carbons (Fsp3) is 0.286. The van der Waals surface area contributed by atoms with E-state index in [1.807, 2.05) is 36.0 Å². The lowest BCUT2D eigenvalue weighted by atomic mass is 10.1. The molecule has 0 bridgehead atoms. The maximum atomic E-state index is 11.1. The van der Waals surface area contributed by atoms with Crippen LogP contribution in [0.4, 0.5) is 5.82 Å². The third kappa shape index (κ3) is 2.59. The molecule has 2 rings (SSSR count). The van der Waals surface area contributed by atoms with E-state index in [9.17, 15) is 4.79 Å². The topological polar surface area (TPSA) is 46.9 Å². The Bertz CT molecular complexity index is 545. The first kappa shape index (κ1) is 12.4. The van der Waals surface area contributed by atoms with Gasteiger partial charge < -0.3 is 5.32 Å². The van der Waals surface area contributed by atoms with Crippen molar-refractivity contribution in [3.05, 3.63) is 47.7 Å². The molecule has 0 spiro atoms. The molecule has 18 heavy (non-hydrogen) atoms. The van der Waals surface area contributed by atoms with E-state index in [1.54, 1.807) is 0 Å². The summed E-state index contributed by atoms with van der Waals surface area (Å²) in [5, 5.41) is 7.14. The Kier molecular flexibility index (Phi) is 3.46. The van der Waals surface area contributed by atoms with Crippen LogP contribution in [0.1, 0.15) is 31.0 Å². The number of benzene rings is 1. The molecule has 0 fully saturated rings. The Morgan fingerprint density at radius 1 is 1.33 bits per heavy atom. The van der Waals surface area contributed by atoms with Gasteiger partial charge in [0.1, 0.15) is 0 Å². The first-order chi connectivity index (χ1) is 8.58. The molecule has 1 amide bonds. The molecule has 0 aliphatic carbocycles. The molecule has 4 nitrogen and oxygen atoms in total. The summed E-state index contributed by atoms with van der Waals surface area (Å²) in [4.78, 5) is 11.1. The summed E-state index contributed by atoms with van der Waals surface area (Å²) < 4.78 is 1.87. The Morgan fingerprint density at radius 3 is 2.61 bits per heavy atom. The summed E-state index contributed by atoms with van der Waals surface area (Å²) in [6.45, 7) is 5.50. The molecule has 0 saturated heterocycles. The van der Waals surface area contributed by atoms with Crippen molar-refractivity contribution in [2.24, 2.45) is 0 Å². The third-order valence-electron chi connectivity index (χ3n) is 2.89. The quantitative estimate of drug-likeness (QED) is 0.901. The van der Waals surface area contributed by atoms with Gasteiger partial charge in [-0.2, -0.15) is 5.10 Å². The van der Waals surface area contributed by atoms with E-state index in [0.29, 0.717) is 5.82 Å². The van der Waals surface area contributed by atoms with Crippen LogP contribution in [0.2, 0.25) is 0 Å². The normalized spacial score (nSPS) is 12.2. The number of anilines is 1. The molecule has 0 radical (unpaired) electrons. The van der Waals surface area contributed by atoms with Gasteiger partial charge in [-0.1, -0.05) is 30.3 Å². The van der Waals surface area contributed by atoms with Crippen LogP contribution in [0.5, 0.6) is 0 Å². The molecule has 1 atom stereocenters. The summed E-state index contributed by atoms with van der Waals surface area (Å²) in [5.74, 6) is 0.529. The van der Waals surface area contributed by atoms with Gasteiger partial charge in [-0.25, -0.2) is 0 Å². The molecule has 1 heterocycles. The van der Waals surface area contributed by atoms with Gasteiger partial charge in [-0.3, -0.25) is 9.48 Å². The summed E-state index contributed by atoms with van der Waals surface area (Å²) in [5.41, 5.74) is 2.15. The highest BCUT2D eigenvalue weighted by Crippen LogP contribution is 2.20. The van der Waals surface area contributed by atoms with Crippen molar-refractivity contribution in [3.63, 3.8) is 0 Å². The molecule has 4 heteroatoms. The number of carbonyl (C=O) groups is 1. The predicted molar refractivity (Wildman–Crippen MR) is 71.5 cm³/mol. The Morgan fingerprint density at radius 2 is 2.00 bits per heavy atom. The van der Waals surface area contributed by atoms with Crippen LogP contribution in [0.15, 0.2) is 36.5 Å². The minimum absolute atomic E-state index is 0.101. The van der Waals surface area contributed by atoms with Gasteiger partial charge in [0.05, 0.1) is 6.04 Å². The second-order valence-electron chi connectivity index (χ2n) is 4.41. The number of amides is 1. The Hall–Kier alpha value is -2.10. The first-order valence-corrected chi connectivity index (χ1v) is 5.96. The fourth-order valence-electron chi connectivity index (χ4n) is 1.86. The summed E-state index contributed by atoms with van der Waals surface area (Å²) in [7, 11) is 0. The van der Waals surface area contributed by atoms with Crippen molar-refractivity contribution in [3.8, 4) is 0 Å². The number of nitrogens with zero attached hydrogens (tertiary/aromatic N) is 2. The van der Waals surface area contributed by atoms with Crippen molar-refractivity contribution in [1.82, 2.24) is 9.78 Å². The van der Waals surface area contributed by atoms with Crippen molar-refractivity contribution < 1.29 is 4.79 Å². The van der Waals surface area contributed by atoms with E-state index in [4.69, 9.17) is 0 Å². The van der Waals surface area contributed by atoms with Crippen LogP contribution in [0.3, 0.4) is 0 Å². The second kappa shape index (κ2) is 5.04. The second-order valence-corrected chi connectivity index (χ2v) is 4.41. The van der Waals surface area contributed by atoms with E-state index in [1.165, 1.54) is 12.5 Å². The fourth-order valence-corrected chi connectivity index (χ4v) is 1.86.